The van der Waals surface area contributed by atoms with Crippen molar-refractivity contribution >= 4 is 5.96 Å². The highest BCUT2D eigenvalue weighted by atomic mass is 19.2. The van der Waals surface area contributed by atoms with E-state index in [0.717, 1.165) is 31.6 Å². The highest BCUT2D eigenvalue weighted by Crippen LogP contribution is 2.14. The van der Waals surface area contributed by atoms with Gasteiger partial charge in [-0.3, -0.25) is 9.67 Å². The van der Waals surface area contributed by atoms with Gasteiger partial charge in [-0.05, 0) is 24.6 Å². The molecule has 6 nitrogen and oxygen atoms in total. The van der Waals surface area contributed by atoms with Gasteiger partial charge in [-0.1, -0.05) is 0 Å². The summed E-state index contributed by atoms with van der Waals surface area (Å²) in [4.78, 5) is 4.10. The molecule has 8 heteroatoms. The zero-order valence-corrected chi connectivity index (χ0v) is 13.5. The molecule has 0 atom stereocenters. The number of hydrogen-bond donors (Lipinski definition) is 2. The van der Waals surface area contributed by atoms with Crippen LogP contribution in [0.5, 0.6) is 5.75 Å². The Hall–Kier alpha value is -2.64. The number of aromatic nitrogens is 2. The third kappa shape index (κ3) is 5.86. The maximum Gasteiger partial charge on any atom is 0.191 e. The zero-order chi connectivity index (χ0) is 17.2. The fourth-order valence-electron chi connectivity index (χ4n) is 2.01. The molecule has 0 amide bonds. The molecule has 2 rings (SSSR count). The fraction of sp³-hybridized carbons (Fsp3) is 0.375. The highest BCUT2D eigenvalue weighted by molar-refractivity contribution is 5.79. The maximum absolute atomic E-state index is 13.0. The highest BCUT2D eigenvalue weighted by Gasteiger charge is 2.03. The van der Waals surface area contributed by atoms with Crippen LogP contribution in [0.15, 0.2) is 41.7 Å². The molecular weight excluding hydrogens is 316 g/mol. The number of guanidine groups is 1. The summed E-state index contributed by atoms with van der Waals surface area (Å²) in [5.41, 5.74) is 0. The smallest absolute Gasteiger partial charge is 0.191 e. The molecule has 2 N–H and O–H groups in total. The average Bonchev–Trinajstić information content (AvgIpc) is 3.10. The minimum absolute atomic E-state index is 0.290. The average molecular weight is 337 g/mol. The summed E-state index contributed by atoms with van der Waals surface area (Å²) in [7, 11) is 1.68. The summed E-state index contributed by atoms with van der Waals surface area (Å²) < 4.78 is 33.1. The van der Waals surface area contributed by atoms with Gasteiger partial charge in [-0.25, -0.2) is 8.78 Å². The van der Waals surface area contributed by atoms with Gasteiger partial charge in [0.25, 0.3) is 0 Å². The van der Waals surface area contributed by atoms with Crippen LogP contribution in [0.2, 0.25) is 0 Å². The van der Waals surface area contributed by atoms with Crippen molar-refractivity contribution in [2.75, 3.05) is 26.7 Å². The first-order valence-corrected chi connectivity index (χ1v) is 7.69. The minimum Gasteiger partial charge on any atom is -0.492 e. The Morgan fingerprint density at radius 1 is 1.25 bits per heavy atom. The molecule has 0 unspecified atom stereocenters. The summed E-state index contributed by atoms with van der Waals surface area (Å²) in [6.07, 6.45) is 4.58. The van der Waals surface area contributed by atoms with Gasteiger partial charge in [0.2, 0.25) is 0 Å². The molecule has 130 valence electrons. The Morgan fingerprint density at radius 2 is 2.08 bits per heavy atom. The van der Waals surface area contributed by atoms with Crippen molar-refractivity contribution in [3.8, 4) is 5.75 Å². The van der Waals surface area contributed by atoms with E-state index in [4.69, 9.17) is 4.74 Å². The number of ether oxygens (including phenoxy) is 1. The van der Waals surface area contributed by atoms with Crippen LogP contribution in [-0.4, -0.2) is 42.5 Å². The largest absolute Gasteiger partial charge is 0.492 e. The second kappa shape index (κ2) is 9.49. The van der Waals surface area contributed by atoms with Crippen molar-refractivity contribution in [1.29, 1.82) is 0 Å². The number of nitrogens with zero attached hydrogens (tertiary/aromatic N) is 3. The second-order valence-electron chi connectivity index (χ2n) is 4.97. The van der Waals surface area contributed by atoms with Crippen molar-refractivity contribution in [3.05, 3.63) is 48.3 Å². The van der Waals surface area contributed by atoms with E-state index in [2.05, 4.69) is 20.7 Å². The Morgan fingerprint density at radius 3 is 2.79 bits per heavy atom. The van der Waals surface area contributed by atoms with Crippen molar-refractivity contribution < 1.29 is 13.5 Å². The van der Waals surface area contributed by atoms with Gasteiger partial charge in [0.05, 0.1) is 6.54 Å². The van der Waals surface area contributed by atoms with Gasteiger partial charge in [0.1, 0.15) is 12.4 Å². The molecule has 1 aromatic heterocycles. The molecule has 0 fully saturated rings. The van der Waals surface area contributed by atoms with E-state index in [1.807, 2.05) is 16.9 Å². The van der Waals surface area contributed by atoms with Crippen LogP contribution in [0.25, 0.3) is 0 Å². The first-order valence-electron chi connectivity index (χ1n) is 7.69. The van der Waals surface area contributed by atoms with Crippen LogP contribution in [0.4, 0.5) is 8.78 Å². The van der Waals surface area contributed by atoms with E-state index in [-0.39, 0.29) is 5.75 Å². The lowest BCUT2D eigenvalue weighted by Gasteiger charge is -2.12. The molecule has 0 saturated carbocycles. The third-order valence-electron chi connectivity index (χ3n) is 3.19. The molecule has 0 radical (unpaired) electrons. The van der Waals surface area contributed by atoms with Gasteiger partial charge in [-0.2, -0.15) is 5.10 Å². The van der Waals surface area contributed by atoms with E-state index in [1.54, 1.807) is 13.2 Å². The zero-order valence-electron chi connectivity index (χ0n) is 13.5. The molecule has 0 aliphatic heterocycles. The Kier molecular flexibility index (Phi) is 7.00. The minimum atomic E-state index is -0.921. The number of benzene rings is 1. The summed E-state index contributed by atoms with van der Waals surface area (Å²) in [6.45, 7) is 2.37. The lowest BCUT2D eigenvalue weighted by atomic mass is 10.3. The van der Waals surface area contributed by atoms with Gasteiger partial charge in [-0.15, -0.1) is 0 Å². The lowest BCUT2D eigenvalue weighted by Crippen LogP contribution is -2.39. The van der Waals surface area contributed by atoms with Gasteiger partial charge in [0.15, 0.2) is 17.6 Å². The third-order valence-corrected chi connectivity index (χ3v) is 3.19. The molecule has 0 aliphatic carbocycles. The number of hydrogen-bond acceptors (Lipinski definition) is 3. The Balaban J connectivity index is 1.60. The van der Waals surface area contributed by atoms with Crippen LogP contribution in [0.1, 0.15) is 6.42 Å². The van der Waals surface area contributed by atoms with Crippen LogP contribution in [-0.2, 0) is 6.54 Å². The molecule has 1 heterocycles. The van der Waals surface area contributed by atoms with E-state index in [0.29, 0.717) is 19.1 Å². The molecule has 1 aromatic carbocycles. The van der Waals surface area contributed by atoms with Crippen molar-refractivity contribution in [1.82, 2.24) is 20.4 Å². The predicted molar refractivity (Wildman–Crippen MR) is 88.1 cm³/mol. The van der Waals surface area contributed by atoms with Crippen LogP contribution >= 0.6 is 0 Å². The molecule has 0 aliphatic rings. The standard InChI is InChI=1S/C16H21F2N5O/c1-19-16(20-6-2-9-23-10-3-7-22-23)21-8-11-24-13-4-5-14(17)15(18)12-13/h3-5,7,10,12H,2,6,8-9,11H2,1H3,(H2,19,20,21). The molecule has 24 heavy (non-hydrogen) atoms. The maximum atomic E-state index is 13.0. The number of nitrogens with one attached hydrogen (secondary N) is 2. The lowest BCUT2D eigenvalue weighted by molar-refractivity contribution is 0.318. The topological polar surface area (TPSA) is 63.5 Å². The first-order chi connectivity index (χ1) is 11.7. The van der Waals surface area contributed by atoms with E-state index in [1.165, 1.54) is 6.07 Å². The number of aryl methyl sites for hydroxylation is 1. The molecule has 0 spiro atoms. The normalized spacial score (nSPS) is 11.4. The number of aliphatic imine (C=N–C) groups is 1. The predicted octanol–water partition coefficient (Wildman–Crippen LogP) is 1.80. The molecular formula is C16H21F2N5O. The Labute approximate surface area is 139 Å². The van der Waals surface area contributed by atoms with E-state index >= 15 is 0 Å². The molecule has 0 bridgehead atoms. The van der Waals surface area contributed by atoms with Crippen molar-refractivity contribution in [2.24, 2.45) is 4.99 Å². The monoisotopic (exact) mass is 337 g/mol. The van der Waals surface area contributed by atoms with Crippen LogP contribution in [0, 0.1) is 11.6 Å². The van der Waals surface area contributed by atoms with E-state index < -0.39 is 11.6 Å². The van der Waals surface area contributed by atoms with E-state index in [9.17, 15) is 8.78 Å². The summed E-state index contributed by atoms with van der Waals surface area (Å²) in [6, 6.07) is 5.34. The number of rotatable bonds is 8. The van der Waals surface area contributed by atoms with Crippen molar-refractivity contribution in [3.63, 3.8) is 0 Å². The number of halogens is 2. The quantitative estimate of drug-likeness (QED) is 0.438. The SMILES string of the molecule is CN=C(NCCCn1cccn1)NCCOc1ccc(F)c(F)c1. The second-order valence-corrected chi connectivity index (χ2v) is 4.97. The summed E-state index contributed by atoms with van der Waals surface area (Å²) >= 11 is 0. The first kappa shape index (κ1) is 17.7. The molecule has 2 aromatic rings. The molecule has 0 saturated heterocycles. The Bertz CT molecular complexity index is 646. The van der Waals surface area contributed by atoms with Gasteiger partial charge < -0.3 is 15.4 Å². The summed E-state index contributed by atoms with van der Waals surface area (Å²) in [5, 5.41) is 10.4. The van der Waals surface area contributed by atoms with Gasteiger partial charge >= 0.3 is 0 Å². The van der Waals surface area contributed by atoms with Crippen LogP contribution < -0.4 is 15.4 Å². The van der Waals surface area contributed by atoms with Crippen molar-refractivity contribution in [2.45, 2.75) is 13.0 Å². The fourth-order valence-corrected chi connectivity index (χ4v) is 2.01. The van der Waals surface area contributed by atoms with Crippen LogP contribution in [0.3, 0.4) is 0 Å². The summed E-state index contributed by atoms with van der Waals surface area (Å²) in [5.74, 6) is -0.863. The van der Waals surface area contributed by atoms with Gasteiger partial charge in [0, 0.05) is 38.6 Å².